The van der Waals surface area contributed by atoms with Gasteiger partial charge in [0, 0.05) is 24.3 Å². The average molecular weight is 346 g/mol. The summed E-state index contributed by atoms with van der Waals surface area (Å²) in [6.07, 6.45) is 1.65. The van der Waals surface area contributed by atoms with Gasteiger partial charge in [-0.2, -0.15) is 0 Å². The van der Waals surface area contributed by atoms with Gasteiger partial charge in [0.2, 0.25) is 0 Å². The van der Waals surface area contributed by atoms with Gasteiger partial charge in [-0.3, -0.25) is 4.79 Å². The minimum Gasteiger partial charge on any atom is -0.394 e. The van der Waals surface area contributed by atoms with Crippen LogP contribution in [0.25, 0.3) is 0 Å². The first kappa shape index (κ1) is 17.4. The number of nitrogens with zero attached hydrogens (tertiary/aromatic N) is 1. The summed E-state index contributed by atoms with van der Waals surface area (Å²) in [5.74, 6) is -1.95. The Kier molecular flexibility index (Phi) is 5.28. The maximum Gasteiger partial charge on any atom is 0.256 e. The summed E-state index contributed by atoms with van der Waals surface area (Å²) >= 11 is 0. The van der Waals surface area contributed by atoms with E-state index in [-0.39, 0.29) is 30.7 Å². The highest BCUT2D eigenvalue weighted by molar-refractivity contribution is 5.99. The fourth-order valence-electron chi connectivity index (χ4n) is 3.15. The van der Waals surface area contributed by atoms with Crippen LogP contribution in [0, 0.1) is 11.6 Å². The Morgan fingerprint density at radius 2 is 2.00 bits per heavy atom. The lowest BCUT2D eigenvalue weighted by atomic mass is 10.1. The molecule has 25 heavy (non-hydrogen) atoms. The van der Waals surface area contributed by atoms with Crippen molar-refractivity contribution in [2.75, 3.05) is 18.5 Å². The van der Waals surface area contributed by atoms with E-state index in [0.29, 0.717) is 17.8 Å². The quantitative estimate of drug-likeness (QED) is 0.874. The van der Waals surface area contributed by atoms with Crippen molar-refractivity contribution >= 4 is 11.6 Å². The summed E-state index contributed by atoms with van der Waals surface area (Å²) in [5, 5.41) is 12.4. The van der Waals surface area contributed by atoms with E-state index < -0.39 is 11.6 Å². The topological polar surface area (TPSA) is 52.6 Å². The molecule has 0 radical (unpaired) electrons. The second kappa shape index (κ2) is 7.61. The lowest BCUT2D eigenvalue weighted by molar-refractivity contribution is 0.0678. The van der Waals surface area contributed by atoms with E-state index in [2.05, 4.69) is 5.32 Å². The number of aliphatic hydroxyl groups is 1. The summed E-state index contributed by atoms with van der Waals surface area (Å²) in [6, 6.07) is 10.8. The zero-order chi connectivity index (χ0) is 17.8. The van der Waals surface area contributed by atoms with E-state index in [4.69, 9.17) is 0 Å². The molecule has 1 aliphatic rings. The Morgan fingerprint density at radius 1 is 1.20 bits per heavy atom. The summed E-state index contributed by atoms with van der Waals surface area (Å²) in [7, 11) is 0. The monoisotopic (exact) mass is 346 g/mol. The molecule has 0 aromatic heterocycles. The molecule has 1 atom stereocenters. The van der Waals surface area contributed by atoms with Gasteiger partial charge in [-0.1, -0.05) is 24.3 Å². The number of likely N-dealkylation sites (tertiary alicyclic amines) is 1. The van der Waals surface area contributed by atoms with Gasteiger partial charge < -0.3 is 15.3 Å². The first-order valence-corrected chi connectivity index (χ1v) is 8.29. The first-order chi connectivity index (χ1) is 12.1. The maximum atomic E-state index is 13.8. The number of hydrogen-bond donors (Lipinski definition) is 2. The Bertz CT molecular complexity index is 767. The zero-order valence-electron chi connectivity index (χ0n) is 13.7. The number of carbonyl (C=O) groups excluding carboxylic acids is 1. The van der Waals surface area contributed by atoms with Gasteiger partial charge in [0.1, 0.15) is 0 Å². The number of anilines is 1. The van der Waals surface area contributed by atoms with E-state index in [1.54, 1.807) is 29.2 Å². The third-order valence-electron chi connectivity index (χ3n) is 4.51. The van der Waals surface area contributed by atoms with Crippen LogP contribution in [-0.2, 0) is 6.54 Å². The molecule has 2 N–H and O–H groups in total. The minimum atomic E-state index is -0.897. The minimum absolute atomic E-state index is 0.0597. The Morgan fingerprint density at radius 3 is 2.80 bits per heavy atom. The third kappa shape index (κ3) is 3.64. The highest BCUT2D eigenvalue weighted by Gasteiger charge is 2.29. The van der Waals surface area contributed by atoms with Crippen LogP contribution in [0.3, 0.4) is 0 Å². The molecule has 2 aromatic carbocycles. The molecule has 0 spiro atoms. The maximum absolute atomic E-state index is 13.8. The number of hydrogen-bond acceptors (Lipinski definition) is 3. The zero-order valence-corrected chi connectivity index (χ0v) is 13.7. The molecule has 1 amide bonds. The molecular formula is C19H20F2N2O2. The normalized spacial score (nSPS) is 16.9. The van der Waals surface area contributed by atoms with E-state index in [1.807, 2.05) is 0 Å². The summed E-state index contributed by atoms with van der Waals surface area (Å²) in [5.41, 5.74) is 1.20. The van der Waals surface area contributed by atoms with Crippen molar-refractivity contribution in [3.05, 3.63) is 65.2 Å². The van der Waals surface area contributed by atoms with Gasteiger partial charge in [-0.15, -0.1) is 0 Å². The number of para-hydroxylation sites is 1. The predicted octanol–water partition coefficient (Wildman–Crippen LogP) is 3.17. The van der Waals surface area contributed by atoms with Gasteiger partial charge in [-0.05, 0) is 31.0 Å². The Balaban J connectivity index is 1.79. The van der Waals surface area contributed by atoms with Gasteiger partial charge >= 0.3 is 0 Å². The molecule has 1 aliphatic heterocycles. The number of halogens is 2. The lowest BCUT2D eigenvalue weighted by Gasteiger charge is -2.24. The molecule has 3 rings (SSSR count). The Labute approximate surface area is 145 Å². The van der Waals surface area contributed by atoms with Crippen molar-refractivity contribution < 1.29 is 18.7 Å². The summed E-state index contributed by atoms with van der Waals surface area (Å²) < 4.78 is 27.1. The molecule has 132 valence electrons. The van der Waals surface area contributed by atoms with E-state index in [9.17, 15) is 18.7 Å². The fraction of sp³-hybridized carbons (Fsp3) is 0.316. The van der Waals surface area contributed by atoms with Crippen LogP contribution in [0.4, 0.5) is 14.5 Å². The van der Waals surface area contributed by atoms with E-state index in [1.165, 1.54) is 12.1 Å². The van der Waals surface area contributed by atoms with Crippen LogP contribution in [-0.4, -0.2) is 35.1 Å². The van der Waals surface area contributed by atoms with Crippen LogP contribution in [0.5, 0.6) is 0 Å². The molecule has 1 unspecified atom stereocenters. The second-order valence-electron chi connectivity index (χ2n) is 6.09. The highest BCUT2D eigenvalue weighted by Crippen LogP contribution is 2.24. The van der Waals surface area contributed by atoms with Crippen LogP contribution in [0.15, 0.2) is 42.5 Å². The molecule has 0 bridgehead atoms. The van der Waals surface area contributed by atoms with Crippen molar-refractivity contribution in [2.45, 2.75) is 25.4 Å². The van der Waals surface area contributed by atoms with E-state index in [0.717, 1.165) is 18.9 Å². The SMILES string of the molecule is O=C(c1ccccc1NCc1cccc(F)c1F)N1CCCC1CO. The van der Waals surface area contributed by atoms with Crippen LogP contribution < -0.4 is 5.32 Å². The summed E-state index contributed by atoms with van der Waals surface area (Å²) in [6.45, 7) is 0.615. The van der Waals surface area contributed by atoms with Crippen molar-refractivity contribution in [3.63, 3.8) is 0 Å². The van der Waals surface area contributed by atoms with Gasteiger partial charge in [-0.25, -0.2) is 8.78 Å². The molecule has 0 saturated carbocycles. The van der Waals surface area contributed by atoms with Crippen molar-refractivity contribution in [2.24, 2.45) is 0 Å². The number of rotatable bonds is 5. The number of benzene rings is 2. The molecular weight excluding hydrogens is 326 g/mol. The standard InChI is InChI=1S/C19H20F2N2O2/c20-16-8-3-5-13(18(16)21)11-22-17-9-2-1-7-15(17)19(25)23-10-4-6-14(23)12-24/h1-3,5,7-9,14,22,24H,4,6,10-12H2. The van der Waals surface area contributed by atoms with Crippen molar-refractivity contribution in [3.8, 4) is 0 Å². The average Bonchev–Trinajstić information content (AvgIpc) is 3.11. The number of amides is 1. The van der Waals surface area contributed by atoms with E-state index >= 15 is 0 Å². The second-order valence-corrected chi connectivity index (χ2v) is 6.09. The van der Waals surface area contributed by atoms with Crippen LogP contribution >= 0.6 is 0 Å². The number of aliphatic hydroxyl groups excluding tert-OH is 1. The van der Waals surface area contributed by atoms with Crippen LogP contribution in [0.1, 0.15) is 28.8 Å². The van der Waals surface area contributed by atoms with Gasteiger partial charge in [0.15, 0.2) is 11.6 Å². The molecule has 2 aromatic rings. The molecule has 0 aliphatic carbocycles. The molecule has 4 nitrogen and oxygen atoms in total. The van der Waals surface area contributed by atoms with Crippen LogP contribution in [0.2, 0.25) is 0 Å². The molecule has 1 saturated heterocycles. The smallest absolute Gasteiger partial charge is 0.256 e. The number of carbonyl (C=O) groups is 1. The molecule has 6 heteroatoms. The predicted molar refractivity (Wildman–Crippen MR) is 91.3 cm³/mol. The van der Waals surface area contributed by atoms with Crippen molar-refractivity contribution in [1.82, 2.24) is 4.90 Å². The van der Waals surface area contributed by atoms with Gasteiger partial charge in [0.25, 0.3) is 5.91 Å². The fourth-order valence-corrected chi connectivity index (χ4v) is 3.15. The largest absolute Gasteiger partial charge is 0.394 e. The molecule has 1 fully saturated rings. The summed E-state index contributed by atoms with van der Waals surface area (Å²) in [4.78, 5) is 14.5. The number of nitrogens with one attached hydrogen (secondary N) is 1. The third-order valence-corrected chi connectivity index (χ3v) is 4.51. The van der Waals surface area contributed by atoms with Gasteiger partial charge in [0.05, 0.1) is 18.2 Å². The highest BCUT2D eigenvalue weighted by atomic mass is 19.2. The van der Waals surface area contributed by atoms with Crippen molar-refractivity contribution in [1.29, 1.82) is 0 Å². The Hall–Kier alpha value is -2.47. The lowest BCUT2D eigenvalue weighted by Crippen LogP contribution is -2.37. The first-order valence-electron chi connectivity index (χ1n) is 8.29. The molecule has 1 heterocycles.